The number of rotatable bonds is 7. The SMILES string of the molecule is CC(=O)NC1(CC(C)(C)P(=O)(C(=O)c2c(C)cc(C)cc2C)c2ccccc2)CC1C. The number of carbonyl (C=O) groups excluding carboxylic acids is 2. The van der Waals surface area contributed by atoms with Gasteiger partial charge in [-0.1, -0.05) is 68.8 Å². The highest BCUT2D eigenvalue weighted by molar-refractivity contribution is 7.88. The van der Waals surface area contributed by atoms with Gasteiger partial charge in [0.25, 0.3) is 0 Å². The van der Waals surface area contributed by atoms with Crippen molar-refractivity contribution in [1.29, 1.82) is 0 Å². The zero-order valence-corrected chi connectivity index (χ0v) is 20.6. The lowest BCUT2D eigenvalue weighted by molar-refractivity contribution is -0.120. The van der Waals surface area contributed by atoms with Gasteiger partial charge in [0.2, 0.25) is 11.4 Å². The average molecular weight is 440 g/mol. The van der Waals surface area contributed by atoms with Crippen LogP contribution in [0.5, 0.6) is 0 Å². The van der Waals surface area contributed by atoms with Crippen LogP contribution >= 0.6 is 7.14 Å². The van der Waals surface area contributed by atoms with Crippen molar-refractivity contribution in [3.63, 3.8) is 0 Å². The standard InChI is InChI=1S/C26H34NO3P/c1-17-13-18(2)23(19(3)14-17)24(29)31(30,22-11-9-8-10-12-22)25(6,7)16-26(15-20(26)4)27-21(5)28/h8-14,20H,15-16H2,1-7H3,(H,27,28). The van der Waals surface area contributed by atoms with E-state index in [4.69, 9.17) is 0 Å². The van der Waals surface area contributed by atoms with Crippen molar-refractivity contribution in [2.75, 3.05) is 0 Å². The third-order valence-corrected chi connectivity index (χ3v) is 10.5. The Hall–Kier alpha value is -2.19. The Morgan fingerprint density at radius 2 is 1.61 bits per heavy atom. The first-order chi connectivity index (χ1) is 14.3. The monoisotopic (exact) mass is 439 g/mol. The molecule has 0 heterocycles. The van der Waals surface area contributed by atoms with Gasteiger partial charge >= 0.3 is 0 Å². The van der Waals surface area contributed by atoms with Crippen LogP contribution < -0.4 is 10.6 Å². The summed E-state index contributed by atoms with van der Waals surface area (Å²) >= 11 is 0. The van der Waals surface area contributed by atoms with Crippen molar-refractivity contribution in [3.8, 4) is 0 Å². The maximum Gasteiger partial charge on any atom is 0.226 e. The van der Waals surface area contributed by atoms with E-state index in [9.17, 15) is 14.2 Å². The predicted octanol–water partition coefficient (Wildman–Crippen LogP) is 5.52. The minimum atomic E-state index is -3.57. The molecule has 3 unspecified atom stereocenters. The Morgan fingerprint density at radius 1 is 1.10 bits per heavy atom. The molecule has 2 aromatic carbocycles. The molecule has 0 spiro atoms. The lowest BCUT2D eigenvalue weighted by atomic mass is 9.98. The molecule has 1 amide bonds. The number of hydrogen-bond donors (Lipinski definition) is 1. The normalized spacial score (nSPS) is 22.5. The third kappa shape index (κ3) is 4.15. The van der Waals surface area contributed by atoms with Crippen LogP contribution in [0.25, 0.3) is 0 Å². The molecule has 166 valence electrons. The van der Waals surface area contributed by atoms with E-state index in [-0.39, 0.29) is 17.3 Å². The molecule has 0 aromatic heterocycles. The average Bonchev–Trinajstić information content (AvgIpc) is 3.26. The molecule has 1 N–H and O–H groups in total. The van der Waals surface area contributed by atoms with Crippen LogP contribution in [0.15, 0.2) is 42.5 Å². The van der Waals surface area contributed by atoms with E-state index >= 15 is 0 Å². The van der Waals surface area contributed by atoms with Crippen molar-refractivity contribution < 1.29 is 14.2 Å². The summed E-state index contributed by atoms with van der Waals surface area (Å²) in [5, 5.41) is 2.85. The number of benzene rings is 2. The van der Waals surface area contributed by atoms with Crippen LogP contribution in [-0.4, -0.2) is 22.1 Å². The number of amides is 1. The first-order valence-electron chi connectivity index (χ1n) is 10.9. The predicted molar refractivity (Wildman–Crippen MR) is 128 cm³/mol. The number of carbonyl (C=O) groups is 2. The van der Waals surface area contributed by atoms with Crippen LogP contribution in [-0.2, 0) is 9.36 Å². The van der Waals surface area contributed by atoms with Gasteiger partial charge in [0.1, 0.15) is 0 Å². The molecule has 1 aliphatic carbocycles. The van der Waals surface area contributed by atoms with Crippen LogP contribution in [0.4, 0.5) is 0 Å². The maximum absolute atomic E-state index is 15.0. The Bertz CT molecular complexity index is 1050. The molecule has 3 atom stereocenters. The molecule has 0 saturated heterocycles. The molecule has 31 heavy (non-hydrogen) atoms. The highest BCUT2D eigenvalue weighted by Crippen LogP contribution is 2.65. The van der Waals surface area contributed by atoms with Gasteiger partial charge in [-0.3, -0.25) is 9.59 Å². The van der Waals surface area contributed by atoms with Gasteiger partial charge in [-0.05, 0) is 50.7 Å². The van der Waals surface area contributed by atoms with Crippen molar-refractivity contribution in [3.05, 3.63) is 64.7 Å². The molecule has 2 aromatic rings. The molecule has 3 rings (SSSR count). The summed E-state index contributed by atoms with van der Waals surface area (Å²) in [6.45, 7) is 13.3. The Kier molecular flexibility index (Phi) is 6.10. The van der Waals surface area contributed by atoms with E-state index in [1.807, 2.05) is 65.0 Å². The van der Waals surface area contributed by atoms with Crippen LogP contribution in [0.3, 0.4) is 0 Å². The largest absolute Gasteiger partial charge is 0.351 e. The smallest absolute Gasteiger partial charge is 0.226 e. The lowest BCUT2D eigenvalue weighted by Gasteiger charge is -2.38. The molecule has 0 bridgehead atoms. The lowest BCUT2D eigenvalue weighted by Crippen LogP contribution is -2.44. The zero-order valence-electron chi connectivity index (χ0n) is 19.7. The minimum absolute atomic E-state index is 0.0914. The van der Waals surface area contributed by atoms with Crippen molar-refractivity contribution in [1.82, 2.24) is 5.32 Å². The van der Waals surface area contributed by atoms with Gasteiger partial charge in [-0.15, -0.1) is 0 Å². The van der Waals surface area contributed by atoms with Gasteiger partial charge in [0.05, 0.1) is 0 Å². The first kappa shape index (κ1) is 23.5. The summed E-state index contributed by atoms with van der Waals surface area (Å²) in [7, 11) is -3.57. The molecule has 0 radical (unpaired) electrons. The highest BCUT2D eigenvalue weighted by Gasteiger charge is 2.59. The van der Waals surface area contributed by atoms with Crippen molar-refractivity contribution >= 4 is 23.9 Å². The van der Waals surface area contributed by atoms with E-state index in [2.05, 4.69) is 12.2 Å². The molecular weight excluding hydrogens is 405 g/mol. The summed E-state index contributed by atoms with van der Waals surface area (Å²) in [5.41, 5.74) is 2.65. The van der Waals surface area contributed by atoms with Gasteiger partial charge in [-0.2, -0.15) is 0 Å². The third-order valence-electron chi connectivity index (χ3n) is 6.78. The second-order valence-corrected chi connectivity index (χ2v) is 13.3. The highest BCUT2D eigenvalue weighted by atomic mass is 31.2. The van der Waals surface area contributed by atoms with E-state index in [0.717, 1.165) is 23.1 Å². The number of nitrogens with one attached hydrogen (secondary N) is 1. The summed E-state index contributed by atoms with van der Waals surface area (Å²) < 4.78 is 15.0. The van der Waals surface area contributed by atoms with Crippen LogP contribution in [0, 0.1) is 26.7 Å². The summed E-state index contributed by atoms with van der Waals surface area (Å²) in [4.78, 5) is 26.0. The fourth-order valence-electron chi connectivity index (χ4n) is 5.24. The van der Waals surface area contributed by atoms with Gasteiger partial charge < -0.3 is 9.88 Å². The fourth-order valence-corrected chi connectivity index (χ4v) is 8.49. The quantitative estimate of drug-likeness (QED) is 0.578. The van der Waals surface area contributed by atoms with E-state index in [1.165, 1.54) is 6.92 Å². The summed E-state index contributed by atoms with van der Waals surface area (Å²) in [6.07, 6.45) is 1.32. The minimum Gasteiger partial charge on any atom is -0.351 e. The zero-order chi connectivity index (χ0) is 23.2. The van der Waals surface area contributed by atoms with E-state index in [1.54, 1.807) is 12.1 Å². The molecule has 1 saturated carbocycles. The van der Waals surface area contributed by atoms with Crippen molar-refractivity contribution in [2.24, 2.45) is 5.92 Å². The molecule has 5 heteroatoms. The maximum atomic E-state index is 15.0. The number of aryl methyl sites for hydroxylation is 3. The molecule has 1 aliphatic rings. The van der Waals surface area contributed by atoms with E-state index < -0.39 is 17.8 Å². The number of hydrogen-bond acceptors (Lipinski definition) is 3. The fraction of sp³-hybridized carbons (Fsp3) is 0.462. The molecule has 1 fully saturated rings. The van der Waals surface area contributed by atoms with E-state index in [0.29, 0.717) is 17.3 Å². The van der Waals surface area contributed by atoms with Crippen LogP contribution in [0.2, 0.25) is 0 Å². The summed E-state index contributed by atoms with van der Waals surface area (Å²) in [6, 6.07) is 13.1. The summed E-state index contributed by atoms with van der Waals surface area (Å²) in [5.74, 6) is 0.198. The second kappa shape index (κ2) is 8.06. The molecule has 4 nitrogen and oxygen atoms in total. The Balaban J connectivity index is 2.16. The second-order valence-electron chi connectivity index (χ2n) is 9.96. The molecule has 0 aliphatic heterocycles. The Labute approximate surface area is 186 Å². The van der Waals surface area contributed by atoms with Crippen molar-refractivity contribution in [2.45, 2.75) is 72.0 Å². The van der Waals surface area contributed by atoms with Crippen LogP contribution in [0.1, 0.15) is 67.6 Å². The molecular formula is C26H34NO3P. The van der Waals surface area contributed by atoms with Gasteiger partial charge in [-0.25, -0.2) is 0 Å². The first-order valence-corrected chi connectivity index (χ1v) is 12.6. The van der Waals surface area contributed by atoms with Gasteiger partial charge in [0.15, 0.2) is 7.14 Å². The van der Waals surface area contributed by atoms with Gasteiger partial charge in [0, 0.05) is 28.5 Å². The Morgan fingerprint density at radius 3 is 2.06 bits per heavy atom. The topological polar surface area (TPSA) is 63.2 Å².